The lowest BCUT2D eigenvalue weighted by Gasteiger charge is -2.35. The van der Waals surface area contributed by atoms with Crippen molar-refractivity contribution in [1.29, 1.82) is 0 Å². The number of rotatable bonds is 2. The van der Waals surface area contributed by atoms with Crippen molar-refractivity contribution in [3.05, 3.63) is 29.8 Å². The summed E-state index contributed by atoms with van der Waals surface area (Å²) >= 11 is 0. The number of nitrogens with zero attached hydrogens (tertiary/aromatic N) is 1. The molecule has 2 heterocycles. The molecule has 0 radical (unpaired) electrons. The Balaban J connectivity index is 2.28. The van der Waals surface area contributed by atoms with Gasteiger partial charge < -0.3 is 10.5 Å². The maximum absolute atomic E-state index is 12.8. The third-order valence-electron chi connectivity index (χ3n) is 3.11. The summed E-state index contributed by atoms with van der Waals surface area (Å²) in [7, 11) is 0. The Kier molecular flexibility index (Phi) is 2.98. The molecule has 1 saturated heterocycles. The fraction of sp³-hybridized carbons (Fsp3) is 0.545. The molecule has 0 spiro atoms. The largest absolute Gasteiger partial charge is 0.381 e. The van der Waals surface area contributed by atoms with Gasteiger partial charge in [0, 0.05) is 30.9 Å². The summed E-state index contributed by atoms with van der Waals surface area (Å²) < 4.78 is 18.1. The molecule has 0 saturated carbocycles. The summed E-state index contributed by atoms with van der Waals surface area (Å²) in [6, 6.07) is 3.17. The normalized spacial score (nSPS) is 20.1. The van der Waals surface area contributed by atoms with Crippen LogP contribution in [0.25, 0.3) is 0 Å². The van der Waals surface area contributed by atoms with Crippen molar-refractivity contribution in [2.45, 2.75) is 18.3 Å². The molecule has 0 bridgehead atoms. The Morgan fingerprint density at radius 2 is 2.13 bits per heavy atom. The first-order valence-corrected chi connectivity index (χ1v) is 5.17. The highest BCUT2D eigenvalue weighted by atomic mass is 19.1. The predicted molar refractivity (Wildman–Crippen MR) is 55.0 cm³/mol. The average Bonchev–Trinajstić information content (AvgIpc) is 2.31. The minimum atomic E-state index is -0.307. The molecule has 1 aromatic heterocycles. The molecule has 82 valence electrons. The standard InChI is InChI=1S/C11H15FN2O/c12-9-1-2-10(14-7-9)11(8-13)3-5-15-6-4-11/h1-2,7H,3-6,8,13H2. The average molecular weight is 210 g/mol. The van der Waals surface area contributed by atoms with Crippen molar-refractivity contribution in [2.24, 2.45) is 5.73 Å². The van der Waals surface area contributed by atoms with Crippen LogP contribution in [0, 0.1) is 5.82 Å². The van der Waals surface area contributed by atoms with Gasteiger partial charge in [-0.1, -0.05) is 0 Å². The van der Waals surface area contributed by atoms with Gasteiger partial charge in [-0.2, -0.15) is 0 Å². The highest BCUT2D eigenvalue weighted by Gasteiger charge is 2.34. The van der Waals surface area contributed by atoms with E-state index in [9.17, 15) is 4.39 Å². The zero-order valence-electron chi connectivity index (χ0n) is 8.58. The lowest BCUT2D eigenvalue weighted by Crippen LogP contribution is -2.41. The second-order valence-corrected chi connectivity index (χ2v) is 3.96. The van der Waals surface area contributed by atoms with Gasteiger partial charge in [-0.25, -0.2) is 4.39 Å². The van der Waals surface area contributed by atoms with Crippen LogP contribution in [-0.4, -0.2) is 24.7 Å². The van der Waals surface area contributed by atoms with E-state index in [2.05, 4.69) is 4.98 Å². The van der Waals surface area contributed by atoms with Crippen molar-refractivity contribution < 1.29 is 9.13 Å². The quantitative estimate of drug-likeness (QED) is 0.798. The minimum Gasteiger partial charge on any atom is -0.381 e. The van der Waals surface area contributed by atoms with Crippen LogP contribution in [0.3, 0.4) is 0 Å². The molecule has 0 aliphatic carbocycles. The number of ether oxygens (including phenoxy) is 1. The number of halogens is 1. The Bertz CT molecular complexity index is 320. The molecule has 4 heteroatoms. The summed E-state index contributed by atoms with van der Waals surface area (Å²) in [5, 5.41) is 0. The van der Waals surface area contributed by atoms with E-state index in [-0.39, 0.29) is 11.2 Å². The van der Waals surface area contributed by atoms with Gasteiger partial charge in [0.05, 0.1) is 6.20 Å². The Morgan fingerprint density at radius 3 is 2.67 bits per heavy atom. The first-order valence-electron chi connectivity index (χ1n) is 5.17. The molecule has 2 N–H and O–H groups in total. The molecule has 2 rings (SSSR count). The molecule has 15 heavy (non-hydrogen) atoms. The molecule has 0 unspecified atom stereocenters. The monoisotopic (exact) mass is 210 g/mol. The Morgan fingerprint density at radius 1 is 1.40 bits per heavy atom. The fourth-order valence-corrected chi connectivity index (χ4v) is 2.02. The van der Waals surface area contributed by atoms with Gasteiger partial charge in [-0.3, -0.25) is 4.98 Å². The second kappa shape index (κ2) is 4.24. The molecule has 0 atom stereocenters. The second-order valence-electron chi connectivity index (χ2n) is 3.96. The number of hydrogen-bond donors (Lipinski definition) is 1. The van der Waals surface area contributed by atoms with Crippen LogP contribution in [0.1, 0.15) is 18.5 Å². The van der Waals surface area contributed by atoms with Crippen LogP contribution in [-0.2, 0) is 10.2 Å². The molecule has 1 aliphatic heterocycles. The molecule has 3 nitrogen and oxygen atoms in total. The van der Waals surface area contributed by atoms with Crippen LogP contribution in [0.2, 0.25) is 0 Å². The van der Waals surface area contributed by atoms with Gasteiger partial charge in [0.1, 0.15) is 5.82 Å². The lowest BCUT2D eigenvalue weighted by molar-refractivity contribution is 0.0515. The van der Waals surface area contributed by atoms with E-state index in [0.717, 1.165) is 18.5 Å². The van der Waals surface area contributed by atoms with Gasteiger partial charge >= 0.3 is 0 Å². The number of pyridine rings is 1. The first kappa shape index (κ1) is 10.5. The van der Waals surface area contributed by atoms with Crippen molar-refractivity contribution in [3.8, 4) is 0 Å². The molecule has 0 aromatic carbocycles. The van der Waals surface area contributed by atoms with E-state index in [0.29, 0.717) is 19.8 Å². The molecule has 0 amide bonds. The SMILES string of the molecule is NCC1(c2ccc(F)cn2)CCOCC1. The molecular weight excluding hydrogens is 195 g/mol. The summed E-state index contributed by atoms with van der Waals surface area (Å²) in [4.78, 5) is 4.13. The van der Waals surface area contributed by atoms with Crippen LogP contribution in [0.5, 0.6) is 0 Å². The molecule has 1 fully saturated rings. The Hall–Kier alpha value is -1.00. The maximum Gasteiger partial charge on any atom is 0.141 e. The highest BCUT2D eigenvalue weighted by Crippen LogP contribution is 2.32. The zero-order chi connectivity index (χ0) is 10.7. The molecular formula is C11H15FN2O. The van der Waals surface area contributed by atoms with Crippen LogP contribution in [0.4, 0.5) is 4.39 Å². The van der Waals surface area contributed by atoms with Gasteiger partial charge in [0.25, 0.3) is 0 Å². The summed E-state index contributed by atoms with van der Waals surface area (Å²) in [6.45, 7) is 1.95. The van der Waals surface area contributed by atoms with Crippen LogP contribution < -0.4 is 5.73 Å². The Labute approximate surface area is 88.5 Å². The zero-order valence-corrected chi connectivity index (χ0v) is 8.58. The predicted octanol–water partition coefficient (Wildman–Crippen LogP) is 1.23. The third kappa shape index (κ3) is 2.01. The van der Waals surface area contributed by atoms with E-state index in [4.69, 9.17) is 10.5 Å². The summed E-state index contributed by atoms with van der Waals surface area (Å²) in [5.74, 6) is -0.307. The van der Waals surface area contributed by atoms with Gasteiger partial charge in [0.2, 0.25) is 0 Å². The van der Waals surface area contributed by atoms with Crippen molar-refractivity contribution in [3.63, 3.8) is 0 Å². The minimum absolute atomic E-state index is 0.119. The van der Waals surface area contributed by atoms with Gasteiger partial charge in [-0.15, -0.1) is 0 Å². The van der Waals surface area contributed by atoms with E-state index in [1.54, 1.807) is 6.07 Å². The van der Waals surface area contributed by atoms with Crippen LogP contribution in [0.15, 0.2) is 18.3 Å². The van der Waals surface area contributed by atoms with Gasteiger partial charge in [0.15, 0.2) is 0 Å². The topological polar surface area (TPSA) is 48.1 Å². The summed E-state index contributed by atoms with van der Waals surface area (Å²) in [6.07, 6.45) is 2.98. The number of nitrogens with two attached hydrogens (primary N) is 1. The molecule has 1 aliphatic rings. The third-order valence-corrected chi connectivity index (χ3v) is 3.11. The molecule has 1 aromatic rings. The van der Waals surface area contributed by atoms with E-state index in [1.807, 2.05) is 0 Å². The summed E-state index contributed by atoms with van der Waals surface area (Å²) in [5.41, 5.74) is 6.58. The van der Waals surface area contributed by atoms with Gasteiger partial charge in [-0.05, 0) is 25.0 Å². The smallest absolute Gasteiger partial charge is 0.141 e. The van der Waals surface area contributed by atoms with E-state index >= 15 is 0 Å². The lowest BCUT2D eigenvalue weighted by atomic mass is 9.77. The number of aromatic nitrogens is 1. The van der Waals surface area contributed by atoms with E-state index in [1.165, 1.54) is 12.3 Å². The number of hydrogen-bond acceptors (Lipinski definition) is 3. The first-order chi connectivity index (χ1) is 7.27. The van der Waals surface area contributed by atoms with E-state index < -0.39 is 0 Å². The maximum atomic E-state index is 12.8. The fourth-order valence-electron chi connectivity index (χ4n) is 2.02. The van der Waals surface area contributed by atoms with Crippen molar-refractivity contribution in [2.75, 3.05) is 19.8 Å². The van der Waals surface area contributed by atoms with Crippen LogP contribution >= 0.6 is 0 Å². The van der Waals surface area contributed by atoms with Crippen molar-refractivity contribution >= 4 is 0 Å². The van der Waals surface area contributed by atoms with Crippen molar-refractivity contribution in [1.82, 2.24) is 4.98 Å². The highest BCUT2D eigenvalue weighted by molar-refractivity contribution is 5.19.